The number of esters is 5. The summed E-state index contributed by atoms with van der Waals surface area (Å²) in [6.07, 6.45) is 8.97. The fraction of sp³-hybridized carbons (Fsp3) is 0.786. The number of ether oxygens (including phenoxy) is 5. The van der Waals surface area contributed by atoms with Crippen molar-refractivity contribution < 1.29 is 52.5 Å². The molecule has 9 unspecified atom stereocenters. The van der Waals surface area contributed by atoms with Gasteiger partial charge in [-0.3, -0.25) is 28.8 Å². The molecule has 0 N–H and O–H groups in total. The third kappa shape index (κ3) is 13.6. The molecule has 2 radical (unpaired) electrons. The zero-order valence-electron chi connectivity index (χ0n) is 44.1. The summed E-state index contributed by atoms with van der Waals surface area (Å²) in [4.78, 5) is 78.3. The average Bonchev–Trinajstić information content (AvgIpc) is 3.58. The van der Waals surface area contributed by atoms with E-state index >= 15 is 0 Å². The first-order valence-electron chi connectivity index (χ1n) is 25.9. The molecule has 1 aromatic rings. The Balaban J connectivity index is 1.16. The van der Waals surface area contributed by atoms with E-state index in [1.54, 1.807) is 13.8 Å². The van der Waals surface area contributed by atoms with Gasteiger partial charge in [0.05, 0.1) is 14.3 Å². The summed E-state index contributed by atoms with van der Waals surface area (Å²) in [6.45, 7) is 25.7. The highest BCUT2D eigenvalue weighted by atomic mass is 16.6. The van der Waals surface area contributed by atoms with Crippen molar-refractivity contribution in [2.24, 2.45) is 51.8 Å². The van der Waals surface area contributed by atoms with E-state index in [1.807, 2.05) is 74.4 Å². The van der Waals surface area contributed by atoms with Gasteiger partial charge in [0.1, 0.15) is 30.9 Å². The second-order valence-corrected chi connectivity index (χ2v) is 24.6. The summed E-state index contributed by atoms with van der Waals surface area (Å²) in [5, 5.41) is -0.271. The molecule has 0 aromatic heterocycles. The molecule has 1 aromatic carbocycles. The Hall–Kier alpha value is -3.70. The van der Waals surface area contributed by atoms with Gasteiger partial charge in [0.25, 0.3) is 0 Å². The molecule has 0 heterocycles. The van der Waals surface area contributed by atoms with E-state index in [0.717, 1.165) is 74.5 Å². The summed E-state index contributed by atoms with van der Waals surface area (Å²) in [7, 11) is 7.54. The molecule has 0 aliphatic heterocycles. The number of fused-ring (bicyclic) bond motifs is 5. The van der Waals surface area contributed by atoms with Crippen LogP contribution in [0.3, 0.4) is 0 Å². The van der Waals surface area contributed by atoms with Gasteiger partial charge >= 0.3 is 29.8 Å². The van der Waals surface area contributed by atoms with E-state index in [4.69, 9.17) is 31.5 Å². The lowest BCUT2D eigenvalue weighted by molar-refractivity contribution is -0.167. The van der Waals surface area contributed by atoms with Crippen LogP contribution in [0.1, 0.15) is 196 Å². The van der Waals surface area contributed by atoms with Crippen LogP contribution >= 0.6 is 0 Å². The van der Waals surface area contributed by atoms with Crippen molar-refractivity contribution in [3.63, 3.8) is 0 Å². The summed E-state index contributed by atoms with van der Waals surface area (Å²) in [5.41, 5.74) is 1.76. The van der Waals surface area contributed by atoms with Crippen molar-refractivity contribution in [2.75, 3.05) is 13.2 Å². The summed E-state index contributed by atoms with van der Waals surface area (Å²) >= 11 is 0. The van der Waals surface area contributed by atoms with Gasteiger partial charge in [-0.2, -0.15) is 0 Å². The lowest BCUT2D eigenvalue weighted by atomic mass is 9.33. The van der Waals surface area contributed by atoms with Gasteiger partial charge in [-0.05, 0) is 148 Å². The third-order valence-corrected chi connectivity index (χ3v) is 16.7. The second-order valence-electron chi connectivity index (χ2n) is 24.6. The predicted octanol–water partition coefficient (Wildman–Crippen LogP) is 11.4. The maximum atomic E-state index is 13.9. The number of aryl methyl sites for hydroxylation is 2. The Kier molecular flexibility index (Phi) is 18.0. The fourth-order valence-corrected chi connectivity index (χ4v) is 13.3. The van der Waals surface area contributed by atoms with Crippen LogP contribution in [0.25, 0.3) is 0 Å². The minimum absolute atomic E-state index is 0.0211. The molecule has 4 saturated carbocycles. The minimum atomic E-state index is -1.00. The molecule has 0 bridgehead atoms. The molecule has 4 aliphatic rings. The Bertz CT molecular complexity index is 2000. The number of carbonyl (C=O) groups is 6. The number of ketones is 1. The zero-order valence-corrected chi connectivity index (χ0v) is 44.1. The molecule has 0 amide bonds. The SMILES string of the molecule is [B]C12CCC3C[C@H](OC(=O)CC(C)(C)c4c(C)cc(C)cc4OC(=O)CC(C)CC(=O)OC(COC(=O)CCC(C)C)COC(=O)CCC(C)(C)C)CCC3(C)C1CCC1(C)C(C(C)=O)CCC21. The Morgan fingerprint density at radius 3 is 2.00 bits per heavy atom. The molecule has 0 spiro atoms. The van der Waals surface area contributed by atoms with Crippen molar-refractivity contribution in [2.45, 2.75) is 216 Å². The average molecular weight is 945 g/mol. The van der Waals surface area contributed by atoms with Crippen LogP contribution in [0.15, 0.2) is 12.1 Å². The summed E-state index contributed by atoms with van der Waals surface area (Å²) in [6, 6.07) is 3.82. The smallest absolute Gasteiger partial charge is 0.311 e. The number of carbonyl (C=O) groups excluding carboxylic acids is 6. The van der Waals surface area contributed by atoms with Crippen molar-refractivity contribution >= 4 is 43.5 Å². The number of rotatable bonds is 20. The van der Waals surface area contributed by atoms with Crippen LogP contribution in [0.5, 0.6) is 5.75 Å². The van der Waals surface area contributed by atoms with Crippen LogP contribution in [0.2, 0.25) is 5.31 Å². The lowest BCUT2D eigenvalue weighted by Crippen LogP contribution is -2.57. The molecule has 0 saturated heterocycles. The van der Waals surface area contributed by atoms with Crippen LogP contribution in [0, 0.1) is 65.6 Å². The first kappa shape index (κ1) is 55.2. The highest BCUT2D eigenvalue weighted by Crippen LogP contribution is 2.74. The van der Waals surface area contributed by atoms with Gasteiger partial charge in [0, 0.05) is 42.6 Å². The second kappa shape index (κ2) is 22.2. The van der Waals surface area contributed by atoms with Gasteiger partial charge in [-0.1, -0.05) is 87.0 Å². The lowest BCUT2D eigenvalue weighted by Gasteiger charge is -2.66. The third-order valence-electron chi connectivity index (χ3n) is 16.7. The van der Waals surface area contributed by atoms with E-state index in [2.05, 4.69) is 13.8 Å². The van der Waals surface area contributed by atoms with Crippen molar-refractivity contribution in [3.05, 3.63) is 28.8 Å². The van der Waals surface area contributed by atoms with Crippen LogP contribution < -0.4 is 4.74 Å². The number of hydrogen-bond donors (Lipinski definition) is 0. The van der Waals surface area contributed by atoms with Gasteiger partial charge < -0.3 is 23.7 Å². The van der Waals surface area contributed by atoms with E-state index < -0.39 is 41.3 Å². The zero-order chi connectivity index (χ0) is 50.6. The largest absolute Gasteiger partial charge is 0.462 e. The summed E-state index contributed by atoms with van der Waals surface area (Å²) in [5.74, 6) is -0.525. The molecule has 378 valence electrons. The van der Waals surface area contributed by atoms with Crippen LogP contribution in [-0.4, -0.2) is 68.9 Å². The Labute approximate surface area is 409 Å². The van der Waals surface area contributed by atoms with Crippen molar-refractivity contribution in [1.29, 1.82) is 0 Å². The monoisotopic (exact) mass is 945 g/mol. The molecular weight excluding hydrogens is 859 g/mol. The quantitative estimate of drug-likeness (QED) is 0.0532. The number of hydrogen-bond acceptors (Lipinski definition) is 11. The minimum Gasteiger partial charge on any atom is -0.462 e. The molecule has 4 aliphatic carbocycles. The van der Waals surface area contributed by atoms with E-state index in [1.165, 1.54) is 0 Å². The highest BCUT2D eigenvalue weighted by molar-refractivity contribution is 6.16. The first-order chi connectivity index (χ1) is 31.6. The highest BCUT2D eigenvalue weighted by Gasteiger charge is 2.65. The van der Waals surface area contributed by atoms with Crippen LogP contribution in [-0.2, 0) is 53.1 Å². The summed E-state index contributed by atoms with van der Waals surface area (Å²) < 4.78 is 28.9. The van der Waals surface area contributed by atoms with Gasteiger partial charge in [-0.25, -0.2) is 0 Å². The molecule has 10 atom stereocenters. The van der Waals surface area contributed by atoms with Crippen molar-refractivity contribution in [1.82, 2.24) is 0 Å². The van der Waals surface area contributed by atoms with Gasteiger partial charge in [-0.15, -0.1) is 0 Å². The molecule has 11 nitrogen and oxygen atoms in total. The molecular formula is C56H85BO11. The topological polar surface area (TPSA) is 149 Å². The Morgan fingerprint density at radius 1 is 0.750 bits per heavy atom. The standard InChI is InChI=1S/C56H85BO11/c1-34(2)14-17-46(59)64-32-41(33-65-47(60)21-22-52(7,8)9)67-48(61)28-36(4)29-49(62)68-43-27-35(3)26-37(5)51(43)53(10,11)31-50(63)66-40-19-23-54(12)39(30-40)18-25-56(57)44-16-15-42(38(6)58)55(44,13)24-20-45(54)56/h26-27,34,36,39-42,44-45H,14-25,28-33H2,1-13H3/t36?,39?,40-,41?,42?,44?,45?,54?,55?,56?/m1/s1. The predicted molar refractivity (Wildman–Crippen MR) is 263 cm³/mol. The molecule has 4 fully saturated rings. The molecule has 68 heavy (non-hydrogen) atoms. The van der Waals surface area contributed by atoms with E-state index in [9.17, 15) is 28.8 Å². The molecule has 5 rings (SSSR count). The number of benzene rings is 1. The van der Waals surface area contributed by atoms with Gasteiger partial charge in [0.15, 0.2) is 6.10 Å². The molecule has 12 heteroatoms. The van der Waals surface area contributed by atoms with E-state index in [0.29, 0.717) is 48.0 Å². The number of Topliss-reactive ketones (excluding diaryl/α,β-unsaturated/α-hetero) is 1. The normalized spacial score (nSPS) is 28.8. The Morgan fingerprint density at radius 2 is 1.37 bits per heavy atom. The first-order valence-corrected chi connectivity index (χ1v) is 25.9. The maximum absolute atomic E-state index is 13.9. The maximum Gasteiger partial charge on any atom is 0.311 e. The van der Waals surface area contributed by atoms with Crippen LogP contribution in [0.4, 0.5) is 0 Å². The van der Waals surface area contributed by atoms with E-state index in [-0.39, 0.29) is 84.9 Å². The van der Waals surface area contributed by atoms with Crippen molar-refractivity contribution in [3.8, 4) is 5.75 Å². The fourth-order valence-electron chi connectivity index (χ4n) is 13.3. The van der Waals surface area contributed by atoms with Gasteiger partial charge in [0.2, 0.25) is 0 Å².